The average Bonchev–Trinajstić information content (AvgIpc) is 2.26. The van der Waals surface area contributed by atoms with Crippen molar-refractivity contribution in [2.24, 2.45) is 0 Å². The first kappa shape index (κ1) is 11.5. The van der Waals surface area contributed by atoms with Crippen molar-refractivity contribution in [2.45, 2.75) is 13.0 Å². The van der Waals surface area contributed by atoms with E-state index in [0.29, 0.717) is 5.96 Å². The first-order chi connectivity index (χ1) is 7.58. The number of rotatable bonds is 0. The Morgan fingerprint density at radius 2 is 2.12 bits per heavy atom. The molecule has 0 unspecified atom stereocenters. The highest BCUT2D eigenvalue weighted by atomic mass is 79.9. The van der Waals surface area contributed by atoms with Crippen LogP contribution in [0.4, 0.5) is 0 Å². The molecule has 2 rings (SSSR count). The van der Waals surface area contributed by atoms with E-state index in [1.807, 2.05) is 19.0 Å². The van der Waals surface area contributed by atoms with Gasteiger partial charge in [0, 0.05) is 31.7 Å². The molecule has 0 saturated heterocycles. The van der Waals surface area contributed by atoms with Crippen molar-refractivity contribution in [3.63, 3.8) is 0 Å². The second kappa shape index (κ2) is 4.45. The maximum Gasteiger partial charge on any atom is 0.193 e. The van der Waals surface area contributed by atoms with E-state index in [4.69, 9.17) is 5.41 Å². The molecule has 1 heterocycles. The van der Waals surface area contributed by atoms with Gasteiger partial charge in [0.25, 0.3) is 0 Å². The van der Waals surface area contributed by atoms with E-state index in [-0.39, 0.29) is 0 Å². The quantitative estimate of drug-likeness (QED) is 0.584. The Bertz CT molecular complexity index is 415. The molecular formula is C12H16BrN3. The van der Waals surface area contributed by atoms with Gasteiger partial charge in [0.2, 0.25) is 0 Å². The zero-order valence-electron chi connectivity index (χ0n) is 9.63. The van der Waals surface area contributed by atoms with Crippen LogP contribution in [0.25, 0.3) is 0 Å². The minimum atomic E-state index is 0.589. The fourth-order valence-corrected chi connectivity index (χ4v) is 2.40. The molecule has 0 aromatic heterocycles. The summed E-state index contributed by atoms with van der Waals surface area (Å²) in [5, 5.41) is 7.97. The van der Waals surface area contributed by atoms with Gasteiger partial charge in [0.15, 0.2) is 5.96 Å². The van der Waals surface area contributed by atoms with Crippen LogP contribution in [0.5, 0.6) is 0 Å². The number of nitrogens with zero attached hydrogens (tertiary/aromatic N) is 2. The second-order valence-corrected chi connectivity index (χ2v) is 5.22. The monoisotopic (exact) mass is 281 g/mol. The summed E-state index contributed by atoms with van der Waals surface area (Å²) >= 11 is 3.49. The summed E-state index contributed by atoms with van der Waals surface area (Å²) in [7, 11) is 3.83. The fourth-order valence-electron chi connectivity index (χ4n) is 1.99. The molecule has 1 aromatic rings. The number of fused-ring (bicyclic) bond motifs is 1. The van der Waals surface area contributed by atoms with Gasteiger partial charge in [-0.3, -0.25) is 5.41 Å². The summed E-state index contributed by atoms with van der Waals surface area (Å²) in [6.07, 6.45) is 1.03. The van der Waals surface area contributed by atoms with Crippen LogP contribution >= 0.6 is 15.9 Å². The smallest absolute Gasteiger partial charge is 0.193 e. The zero-order chi connectivity index (χ0) is 11.7. The average molecular weight is 282 g/mol. The number of nitrogens with one attached hydrogen (secondary N) is 1. The number of benzene rings is 1. The maximum atomic E-state index is 7.97. The lowest BCUT2D eigenvalue weighted by atomic mass is 10.0. The summed E-state index contributed by atoms with van der Waals surface area (Å²) in [6, 6.07) is 6.42. The molecule has 3 nitrogen and oxygen atoms in total. The molecule has 0 fully saturated rings. The molecule has 1 N–H and O–H groups in total. The van der Waals surface area contributed by atoms with Gasteiger partial charge in [-0.15, -0.1) is 0 Å². The molecule has 86 valence electrons. The van der Waals surface area contributed by atoms with E-state index >= 15 is 0 Å². The van der Waals surface area contributed by atoms with E-state index in [0.717, 1.165) is 24.0 Å². The summed E-state index contributed by atoms with van der Waals surface area (Å²) in [6.45, 7) is 1.78. The summed E-state index contributed by atoms with van der Waals surface area (Å²) < 4.78 is 1.12. The van der Waals surface area contributed by atoms with Crippen LogP contribution in [0.15, 0.2) is 22.7 Å². The molecule has 1 aliphatic rings. The van der Waals surface area contributed by atoms with Crippen molar-refractivity contribution < 1.29 is 0 Å². The van der Waals surface area contributed by atoms with Crippen LogP contribution in [0.2, 0.25) is 0 Å². The lowest BCUT2D eigenvalue weighted by Gasteiger charge is -2.33. The Morgan fingerprint density at radius 3 is 2.81 bits per heavy atom. The van der Waals surface area contributed by atoms with E-state index < -0.39 is 0 Å². The molecular weight excluding hydrogens is 266 g/mol. The Kier molecular flexibility index (Phi) is 3.19. The molecule has 0 saturated carbocycles. The van der Waals surface area contributed by atoms with Crippen molar-refractivity contribution in [3.8, 4) is 0 Å². The van der Waals surface area contributed by atoms with Crippen LogP contribution in [-0.2, 0) is 13.0 Å². The summed E-state index contributed by atoms with van der Waals surface area (Å²) in [4.78, 5) is 3.96. The lowest BCUT2D eigenvalue weighted by Crippen LogP contribution is -2.42. The van der Waals surface area contributed by atoms with Crippen molar-refractivity contribution in [1.82, 2.24) is 9.80 Å². The van der Waals surface area contributed by atoms with Crippen LogP contribution < -0.4 is 0 Å². The number of hydrogen-bond acceptors (Lipinski definition) is 1. The van der Waals surface area contributed by atoms with Crippen LogP contribution in [-0.4, -0.2) is 36.4 Å². The minimum absolute atomic E-state index is 0.589. The van der Waals surface area contributed by atoms with Gasteiger partial charge in [0.05, 0.1) is 0 Å². The molecule has 0 amide bonds. The molecule has 0 bridgehead atoms. The minimum Gasteiger partial charge on any atom is -0.349 e. The van der Waals surface area contributed by atoms with Crippen LogP contribution in [0, 0.1) is 5.41 Å². The highest BCUT2D eigenvalue weighted by Crippen LogP contribution is 2.23. The predicted molar refractivity (Wildman–Crippen MR) is 69.7 cm³/mol. The largest absolute Gasteiger partial charge is 0.349 e. The molecule has 0 radical (unpaired) electrons. The molecule has 1 aliphatic heterocycles. The van der Waals surface area contributed by atoms with Crippen LogP contribution in [0.1, 0.15) is 11.1 Å². The number of hydrogen-bond donors (Lipinski definition) is 1. The highest BCUT2D eigenvalue weighted by Gasteiger charge is 2.19. The second-order valence-electron chi connectivity index (χ2n) is 4.30. The third kappa shape index (κ3) is 2.21. The van der Waals surface area contributed by atoms with Gasteiger partial charge in [-0.2, -0.15) is 0 Å². The lowest BCUT2D eigenvalue weighted by molar-refractivity contribution is 0.342. The van der Waals surface area contributed by atoms with Gasteiger partial charge >= 0.3 is 0 Å². The van der Waals surface area contributed by atoms with E-state index in [9.17, 15) is 0 Å². The van der Waals surface area contributed by atoms with Gasteiger partial charge in [-0.05, 0) is 29.7 Å². The Hall–Kier alpha value is -1.03. The SMILES string of the molecule is CN(C)C(=N)N1CCc2ccc(Br)cc2C1. The van der Waals surface area contributed by atoms with E-state index in [1.54, 1.807) is 0 Å². The number of halogens is 1. The maximum absolute atomic E-state index is 7.97. The van der Waals surface area contributed by atoms with Gasteiger partial charge in [0.1, 0.15) is 0 Å². The molecule has 0 atom stereocenters. The Balaban J connectivity index is 2.20. The zero-order valence-corrected chi connectivity index (χ0v) is 11.2. The van der Waals surface area contributed by atoms with E-state index in [1.165, 1.54) is 11.1 Å². The summed E-state index contributed by atoms with van der Waals surface area (Å²) in [5.74, 6) is 0.589. The molecule has 16 heavy (non-hydrogen) atoms. The Morgan fingerprint density at radius 1 is 1.38 bits per heavy atom. The molecule has 0 aliphatic carbocycles. The fraction of sp³-hybridized carbons (Fsp3) is 0.417. The first-order valence-corrected chi connectivity index (χ1v) is 6.15. The molecule has 0 spiro atoms. The van der Waals surface area contributed by atoms with Gasteiger partial charge < -0.3 is 9.80 Å². The van der Waals surface area contributed by atoms with Crippen molar-refractivity contribution in [3.05, 3.63) is 33.8 Å². The third-order valence-electron chi connectivity index (χ3n) is 2.90. The third-order valence-corrected chi connectivity index (χ3v) is 3.40. The number of guanidine groups is 1. The first-order valence-electron chi connectivity index (χ1n) is 5.36. The van der Waals surface area contributed by atoms with E-state index in [2.05, 4.69) is 39.0 Å². The van der Waals surface area contributed by atoms with Gasteiger partial charge in [-0.25, -0.2) is 0 Å². The normalized spacial score (nSPS) is 14.6. The molecule has 4 heteroatoms. The van der Waals surface area contributed by atoms with Crippen molar-refractivity contribution >= 4 is 21.9 Å². The van der Waals surface area contributed by atoms with Crippen molar-refractivity contribution in [2.75, 3.05) is 20.6 Å². The van der Waals surface area contributed by atoms with Crippen molar-refractivity contribution in [1.29, 1.82) is 5.41 Å². The standard InChI is InChI=1S/C12H16BrN3/c1-15(2)12(14)16-6-5-9-3-4-11(13)7-10(9)8-16/h3-4,7,14H,5-6,8H2,1-2H3. The Labute approximate surface area is 105 Å². The highest BCUT2D eigenvalue weighted by molar-refractivity contribution is 9.10. The van der Waals surface area contributed by atoms with Crippen LogP contribution in [0.3, 0.4) is 0 Å². The summed E-state index contributed by atoms with van der Waals surface area (Å²) in [5.41, 5.74) is 2.73. The predicted octanol–water partition coefficient (Wildman–Crippen LogP) is 2.30. The van der Waals surface area contributed by atoms with Gasteiger partial charge in [-0.1, -0.05) is 22.0 Å². The topological polar surface area (TPSA) is 30.3 Å². The molecule has 1 aromatic carbocycles.